The van der Waals surface area contributed by atoms with Crippen LogP contribution in [0.25, 0.3) is 0 Å². The molecule has 2 heterocycles. The summed E-state index contributed by atoms with van der Waals surface area (Å²) in [5.41, 5.74) is 2.29. The molecule has 1 aromatic carbocycles. The Balaban J connectivity index is 1.60. The van der Waals surface area contributed by atoms with Gasteiger partial charge in [0, 0.05) is 24.7 Å². The minimum absolute atomic E-state index is 0.121. The van der Waals surface area contributed by atoms with E-state index in [1.54, 1.807) is 0 Å². The molecule has 0 bridgehead atoms. The van der Waals surface area contributed by atoms with E-state index in [0.717, 1.165) is 50.9 Å². The molecule has 0 spiro atoms. The summed E-state index contributed by atoms with van der Waals surface area (Å²) in [7, 11) is 0. The standard InChI is InChI=1S/C19H24N2O2/c1-13-11-15-5-2-3-6-16(15)21(12-13)19(23)17-7-4-10-20(17)18(22)14-8-9-14/h2-3,5-6,13-14,17H,4,7-12H2,1H3/t13-,17-/m0/s1. The van der Waals surface area contributed by atoms with Gasteiger partial charge in [0.15, 0.2) is 0 Å². The predicted octanol–water partition coefficient (Wildman–Crippen LogP) is 2.61. The second kappa shape index (κ2) is 5.66. The Labute approximate surface area is 137 Å². The number of fused-ring (bicyclic) bond motifs is 1. The summed E-state index contributed by atoms with van der Waals surface area (Å²) in [4.78, 5) is 29.5. The topological polar surface area (TPSA) is 40.6 Å². The minimum atomic E-state index is -0.249. The molecule has 1 aromatic rings. The summed E-state index contributed by atoms with van der Waals surface area (Å²) >= 11 is 0. The van der Waals surface area contributed by atoms with Crippen molar-refractivity contribution in [3.05, 3.63) is 29.8 Å². The monoisotopic (exact) mass is 312 g/mol. The van der Waals surface area contributed by atoms with Crippen molar-refractivity contribution < 1.29 is 9.59 Å². The van der Waals surface area contributed by atoms with Crippen LogP contribution in [0.4, 0.5) is 5.69 Å². The molecule has 4 rings (SSSR count). The second-order valence-corrected chi connectivity index (χ2v) is 7.35. The van der Waals surface area contributed by atoms with E-state index in [2.05, 4.69) is 13.0 Å². The Morgan fingerprint density at radius 3 is 2.65 bits per heavy atom. The lowest BCUT2D eigenvalue weighted by molar-refractivity contribution is -0.138. The third-order valence-corrected chi connectivity index (χ3v) is 5.36. The van der Waals surface area contributed by atoms with Gasteiger partial charge in [0.2, 0.25) is 11.8 Å². The molecule has 2 aliphatic heterocycles. The number of carbonyl (C=O) groups excluding carboxylic acids is 2. The van der Waals surface area contributed by atoms with Crippen LogP contribution in [-0.4, -0.2) is 35.8 Å². The third-order valence-electron chi connectivity index (χ3n) is 5.36. The van der Waals surface area contributed by atoms with Crippen LogP contribution in [-0.2, 0) is 16.0 Å². The molecule has 2 atom stereocenters. The normalized spacial score (nSPS) is 27.0. The van der Waals surface area contributed by atoms with Gasteiger partial charge in [-0.15, -0.1) is 0 Å². The maximum atomic E-state index is 13.2. The van der Waals surface area contributed by atoms with E-state index < -0.39 is 0 Å². The first-order chi connectivity index (χ1) is 11.1. The van der Waals surface area contributed by atoms with Crippen molar-refractivity contribution in [1.82, 2.24) is 4.90 Å². The molecule has 1 saturated heterocycles. The molecule has 1 saturated carbocycles. The first kappa shape index (κ1) is 14.7. The second-order valence-electron chi connectivity index (χ2n) is 7.35. The number of amides is 2. The fourth-order valence-corrected chi connectivity index (χ4v) is 4.04. The lowest BCUT2D eigenvalue weighted by Gasteiger charge is -2.36. The Hall–Kier alpha value is -1.84. The summed E-state index contributed by atoms with van der Waals surface area (Å²) < 4.78 is 0. The van der Waals surface area contributed by atoms with Crippen LogP contribution in [0.3, 0.4) is 0 Å². The van der Waals surface area contributed by atoms with E-state index in [-0.39, 0.29) is 23.8 Å². The van der Waals surface area contributed by atoms with Gasteiger partial charge < -0.3 is 9.80 Å². The van der Waals surface area contributed by atoms with Gasteiger partial charge in [0.25, 0.3) is 0 Å². The Bertz CT molecular complexity index is 638. The predicted molar refractivity (Wildman–Crippen MR) is 89.1 cm³/mol. The zero-order valence-electron chi connectivity index (χ0n) is 13.7. The zero-order chi connectivity index (χ0) is 16.0. The number of nitrogens with zero attached hydrogens (tertiary/aromatic N) is 2. The van der Waals surface area contributed by atoms with Crippen molar-refractivity contribution in [3.63, 3.8) is 0 Å². The van der Waals surface area contributed by atoms with Crippen LogP contribution in [0.5, 0.6) is 0 Å². The first-order valence-electron chi connectivity index (χ1n) is 8.85. The highest BCUT2D eigenvalue weighted by Crippen LogP contribution is 2.36. The molecule has 0 aromatic heterocycles. The van der Waals surface area contributed by atoms with E-state index in [0.29, 0.717) is 5.92 Å². The molecular weight excluding hydrogens is 288 g/mol. The number of hydrogen-bond donors (Lipinski definition) is 0. The largest absolute Gasteiger partial charge is 0.330 e. The fraction of sp³-hybridized carbons (Fsp3) is 0.579. The van der Waals surface area contributed by atoms with Gasteiger partial charge in [-0.2, -0.15) is 0 Å². The van der Waals surface area contributed by atoms with Crippen LogP contribution < -0.4 is 4.90 Å². The van der Waals surface area contributed by atoms with E-state index in [9.17, 15) is 9.59 Å². The summed E-state index contributed by atoms with van der Waals surface area (Å²) in [6.45, 7) is 3.70. The molecular formula is C19H24N2O2. The van der Waals surface area contributed by atoms with Crippen LogP contribution in [0.1, 0.15) is 38.2 Å². The van der Waals surface area contributed by atoms with E-state index in [1.807, 2.05) is 28.0 Å². The van der Waals surface area contributed by atoms with Gasteiger partial charge in [-0.3, -0.25) is 9.59 Å². The molecule has 122 valence electrons. The van der Waals surface area contributed by atoms with Crippen LogP contribution in [0.2, 0.25) is 0 Å². The molecule has 4 nitrogen and oxygen atoms in total. The van der Waals surface area contributed by atoms with Gasteiger partial charge in [0.05, 0.1) is 0 Å². The molecule has 0 radical (unpaired) electrons. The number of rotatable bonds is 2. The highest BCUT2D eigenvalue weighted by Gasteiger charge is 2.43. The molecule has 23 heavy (non-hydrogen) atoms. The van der Waals surface area contributed by atoms with Crippen LogP contribution in [0, 0.1) is 11.8 Å². The average molecular weight is 312 g/mol. The summed E-state index contributed by atoms with van der Waals surface area (Å²) in [5.74, 6) is 0.980. The Morgan fingerprint density at radius 2 is 1.87 bits per heavy atom. The van der Waals surface area contributed by atoms with Gasteiger partial charge in [0.1, 0.15) is 6.04 Å². The molecule has 0 unspecified atom stereocenters. The van der Waals surface area contributed by atoms with Crippen molar-refractivity contribution in [2.45, 2.75) is 45.1 Å². The first-order valence-corrected chi connectivity index (χ1v) is 8.85. The zero-order valence-corrected chi connectivity index (χ0v) is 13.7. The van der Waals surface area contributed by atoms with Gasteiger partial charge in [-0.1, -0.05) is 25.1 Å². The molecule has 0 N–H and O–H groups in total. The van der Waals surface area contributed by atoms with Gasteiger partial charge in [-0.25, -0.2) is 0 Å². The molecule has 1 aliphatic carbocycles. The van der Waals surface area contributed by atoms with E-state index >= 15 is 0 Å². The highest BCUT2D eigenvalue weighted by molar-refractivity contribution is 6.00. The summed E-state index contributed by atoms with van der Waals surface area (Å²) in [6, 6.07) is 7.95. The molecule has 3 aliphatic rings. The number of benzene rings is 1. The number of anilines is 1. The number of hydrogen-bond acceptors (Lipinski definition) is 2. The lowest BCUT2D eigenvalue weighted by Crippen LogP contribution is -2.50. The van der Waals surface area contributed by atoms with Crippen molar-refractivity contribution in [2.24, 2.45) is 11.8 Å². The van der Waals surface area contributed by atoms with Crippen molar-refractivity contribution >= 4 is 17.5 Å². The highest BCUT2D eigenvalue weighted by atomic mass is 16.2. The van der Waals surface area contributed by atoms with Crippen molar-refractivity contribution in [3.8, 4) is 0 Å². The van der Waals surface area contributed by atoms with Crippen molar-refractivity contribution in [2.75, 3.05) is 18.0 Å². The average Bonchev–Trinajstić information content (AvgIpc) is 3.29. The number of para-hydroxylation sites is 1. The quantitative estimate of drug-likeness (QED) is 0.842. The van der Waals surface area contributed by atoms with E-state index in [4.69, 9.17) is 0 Å². The lowest BCUT2D eigenvalue weighted by atomic mass is 9.93. The maximum absolute atomic E-state index is 13.2. The smallest absolute Gasteiger partial charge is 0.249 e. The minimum Gasteiger partial charge on any atom is -0.330 e. The molecule has 4 heteroatoms. The Kier molecular flexibility index (Phi) is 3.63. The molecule has 2 amide bonds. The van der Waals surface area contributed by atoms with Crippen molar-refractivity contribution in [1.29, 1.82) is 0 Å². The summed E-state index contributed by atoms with van der Waals surface area (Å²) in [5, 5.41) is 0. The van der Waals surface area contributed by atoms with Gasteiger partial charge >= 0.3 is 0 Å². The van der Waals surface area contributed by atoms with Crippen LogP contribution >= 0.6 is 0 Å². The van der Waals surface area contributed by atoms with Crippen LogP contribution in [0.15, 0.2) is 24.3 Å². The summed E-state index contributed by atoms with van der Waals surface area (Å²) in [6.07, 6.45) is 4.78. The van der Waals surface area contributed by atoms with E-state index in [1.165, 1.54) is 5.56 Å². The maximum Gasteiger partial charge on any atom is 0.249 e. The third kappa shape index (κ3) is 2.64. The molecule has 2 fully saturated rings. The number of carbonyl (C=O) groups is 2. The Morgan fingerprint density at radius 1 is 1.09 bits per heavy atom. The fourth-order valence-electron chi connectivity index (χ4n) is 4.04. The SMILES string of the molecule is C[C@H]1Cc2ccccc2N(C(=O)[C@@H]2CCCN2C(=O)C2CC2)C1. The van der Waals surface area contributed by atoms with Gasteiger partial charge in [-0.05, 0) is 49.7 Å². The number of likely N-dealkylation sites (tertiary alicyclic amines) is 1.